The Morgan fingerprint density at radius 1 is 1.05 bits per heavy atom. The van der Waals surface area contributed by atoms with Crippen LogP contribution in [-0.2, 0) is 0 Å². The summed E-state index contributed by atoms with van der Waals surface area (Å²) in [7, 11) is 0. The van der Waals surface area contributed by atoms with Crippen molar-refractivity contribution >= 4 is 5.78 Å². The summed E-state index contributed by atoms with van der Waals surface area (Å²) < 4.78 is 0. The van der Waals surface area contributed by atoms with E-state index < -0.39 is 0 Å². The first-order valence-electron chi connectivity index (χ1n) is 8.04. The van der Waals surface area contributed by atoms with Crippen LogP contribution in [0, 0.1) is 19.8 Å². The average molecular weight is 293 g/mol. The Balaban J connectivity index is 1.95. The highest BCUT2D eigenvalue weighted by Gasteiger charge is 2.33. The highest BCUT2D eigenvalue weighted by molar-refractivity contribution is 5.98. The molecule has 0 bridgehead atoms. The molecule has 0 radical (unpaired) electrons. The molecule has 2 aromatic rings. The van der Waals surface area contributed by atoms with Crippen molar-refractivity contribution in [1.82, 2.24) is 5.32 Å². The van der Waals surface area contributed by atoms with Gasteiger partial charge in [0.15, 0.2) is 5.78 Å². The number of nitrogens with one attached hydrogen (secondary N) is 1. The number of piperidine rings is 1. The van der Waals surface area contributed by atoms with Crippen LogP contribution in [0.25, 0.3) is 0 Å². The van der Waals surface area contributed by atoms with Crippen LogP contribution in [0.3, 0.4) is 0 Å². The van der Waals surface area contributed by atoms with Gasteiger partial charge in [-0.1, -0.05) is 48.5 Å². The maximum Gasteiger partial charge on any atom is 0.167 e. The van der Waals surface area contributed by atoms with Crippen molar-refractivity contribution < 1.29 is 4.79 Å². The topological polar surface area (TPSA) is 29.1 Å². The monoisotopic (exact) mass is 293 g/mol. The minimum atomic E-state index is 0.0247. The van der Waals surface area contributed by atoms with Gasteiger partial charge in [0.1, 0.15) is 0 Å². The van der Waals surface area contributed by atoms with Crippen LogP contribution in [0.5, 0.6) is 0 Å². The standard InChI is InChI=1S/C20H23NO/c1-14-7-6-10-17(15(14)2)18-11-12-21-13-19(18)20(22)16-8-4-3-5-9-16/h3-10,18-19,21H,11-13H2,1-2H3/t18-,19-/m1/s1. The van der Waals surface area contributed by atoms with Crippen LogP contribution >= 0.6 is 0 Å². The Bertz CT molecular complexity index is 663. The molecule has 3 rings (SSSR count). The summed E-state index contributed by atoms with van der Waals surface area (Å²) in [6.07, 6.45) is 1.02. The number of rotatable bonds is 3. The van der Waals surface area contributed by atoms with E-state index in [9.17, 15) is 4.79 Å². The molecule has 2 nitrogen and oxygen atoms in total. The molecule has 1 N–H and O–H groups in total. The summed E-state index contributed by atoms with van der Waals surface area (Å²) in [5.41, 5.74) is 4.81. The Morgan fingerprint density at radius 3 is 2.59 bits per heavy atom. The van der Waals surface area contributed by atoms with Crippen LogP contribution < -0.4 is 5.32 Å². The van der Waals surface area contributed by atoms with Crippen molar-refractivity contribution in [2.45, 2.75) is 26.2 Å². The van der Waals surface area contributed by atoms with E-state index in [1.54, 1.807) is 0 Å². The molecule has 0 amide bonds. The summed E-state index contributed by atoms with van der Waals surface area (Å²) in [5, 5.41) is 3.40. The lowest BCUT2D eigenvalue weighted by Gasteiger charge is -2.33. The Kier molecular flexibility index (Phi) is 4.39. The fraction of sp³-hybridized carbons (Fsp3) is 0.350. The van der Waals surface area contributed by atoms with Crippen LogP contribution in [0.2, 0.25) is 0 Å². The van der Waals surface area contributed by atoms with E-state index in [2.05, 4.69) is 37.4 Å². The normalized spacial score (nSPS) is 21.5. The minimum absolute atomic E-state index is 0.0247. The molecule has 2 atom stereocenters. The zero-order chi connectivity index (χ0) is 15.5. The summed E-state index contributed by atoms with van der Waals surface area (Å²) in [5.74, 6) is 0.601. The summed E-state index contributed by atoms with van der Waals surface area (Å²) in [4.78, 5) is 12.9. The van der Waals surface area contributed by atoms with Crippen molar-refractivity contribution in [3.05, 3.63) is 70.8 Å². The van der Waals surface area contributed by atoms with E-state index in [1.807, 2.05) is 30.3 Å². The molecule has 2 heteroatoms. The summed E-state index contributed by atoms with van der Waals surface area (Å²) >= 11 is 0. The van der Waals surface area contributed by atoms with Crippen LogP contribution in [0.4, 0.5) is 0 Å². The molecule has 1 saturated heterocycles. The highest BCUT2D eigenvalue weighted by atomic mass is 16.1. The van der Waals surface area contributed by atoms with Gasteiger partial charge in [-0.3, -0.25) is 4.79 Å². The number of Topliss-reactive ketones (excluding diaryl/α,β-unsaturated/α-hetero) is 1. The number of carbonyl (C=O) groups is 1. The smallest absolute Gasteiger partial charge is 0.167 e. The van der Waals surface area contributed by atoms with Crippen LogP contribution in [0.15, 0.2) is 48.5 Å². The number of ketones is 1. The third-order valence-corrected chi connectivity index (χ3v) is 4.92. The zero-order valence-electron chi connectivity index (χ0n) is 13.3. The first-order valence-corrected chi connectivity index (χ1v) is 8.04. The molecule has 114 valence electrons. The van der Waals surface area contributed by atoms with Gasteiger partial charge in [-0.15, -0.1) is 0 Å². The summed E-state index contributed by atoms with van der Waals surface area (Å²) in [6.45, 7) is 6.08. The van der Waals surface area contributed by atoms with E-state index in [4.69, 9.17) is 0 Å². The molecule has 0 aliphatic carbocycles. The van der Waals surface area contributed by atoms with E-state index in [0.717, 1.165) is 25.1 Å². The van der Waals surface area contributed by atoms with E-state index >= 15 is 0 Å². The van der Waals surface area contributed by atoms with Gasteiger partial charge in [0.25, 0.3) is 0 Å². The van der Waals surface area contributed by atoms with Gasteiger partial charge in [0.2, 0.25) is 0 Å². The second-order valence-corrected chi connectivity index (χ2v) is 6.23. The molecule has 0 spiro atoms. The second kappa shape index (κ2) is 6.45. The van der Waals surface area contributed by atoms with Gasteiger partial charge in [0.05, 0.1) is 0 Å². The predicted octanol–water partition coefficient (Wildman–Crippen LogP) is 3.88. The van der Waals surface area contributed by atoms with E-state index in [0.29, 0.717) is 5.92 Å². The number of carbonyl (C=O) groups excluding carboxylic acids is 1. The average Bonchev–Trinajstić information content (AvgIpc) is 2.57. The fourth-order valence-corrected chi connectivity index (χ4v) is 3.50. The van der Waals surface area contributed by atoms with Crippen molar-refractivity contribution in [2.24, 2.45) is 5.92 Å². The quantitative estimate of drug-likeness (QED) is 0.870. The largest absolute Gasteiger partial charge is 0.316 e. The molecule has 0 saturated carbocycles. The molecule has 1 aliphatic rings. The molecule has 1 aliphatic heterocycles. The van der Waals surface area contributed by atoms with Crippen LogP contribution in [-0.4, -0.2) is 18.9 Å². The van der Waals surface area contributed by atoms with Gasteiger partial charge >= 0.3 is 0 Å². The molecule has 0 aromatic heterocycles. The molecular weight excluding hydrogens is 270 g/mol. The maximum absolute atomic E-state index is 12.9. The predicted molar refractivity (Wildman–Crippen MR) is 90.4 cm³/mol. The first-order chi connectivity index (χ1) is 10.7. The van der Waals surface area contributed by atoms with E-state index in [-0.39, 0.29) is 11.7 Å². The molecule has 22 heavy (non-hydrogen) atoms. The number of aryl methyl sites for hydroxylation is 1. The molecule has 1 heterocycles. The lowest BCUT2D eigenvalue weighted by Crippen LogP contribution is -2.40. The number of hydrogen-bond acceptors (Lipinski definition) is 2. The van der Waals surface area contributed by atoms with Gasteiger partial charge < -0.3 is 5.32 Å². The van der Waals surface area contributed by atoms with Crippen LogP contribution in [0.1, 0.15) is 39.4 Å². The number of benzene rings is 2. The van der Waals surface area contributed by atoms with E-state index in [1.165, 1.54) is 16.7 Å². The van der Waals surface area contributed by atoms with Gasteiger partial charge in [-0.25, -0.2) is 0 Å². The molecular formula is C20H23NO. The van der Waals surface area contributed by atoms with Gasteiger partial charge in [-0.2, -0.15) is 0 Å². The lowest BCUT2D eigenvalue weighted by atomic mass is 9.75. The summed E-state index contributed by atoms with van der Waals surface area (Å²) in [6, 6.07) is 16.2. The Morgan fingerprint density at radius 2 is 1.82 bits per heavy atom. The molecule has 0 unspecified atom stereocenters. The fourth-order valence-electron chi connectivity index (χ4n) is 3.50. The van der Waals surface area contributed by atoms with Gasteiger partial charge in [0, 0.05) is 18.0 Å². The molecule has 2 aromatic carbocycles. The van der Waals surface area contributed by atoms with Crippen molar-refractivity contribution in [2.75, 3.05) is 13.1 Å². The lowest BCUT2D eigenvalue weighted by molar-refractivity contribution is 0.0880. The first kappa shape index (κ1) is 15.0. The molecule has 1 fully saturated rings. The van der Waals surface area contributed by atoms with Crippen molar-refractivity contribution in [1.29, 1.82) is 0 Å². The Hall–Kier alpha value is -1.93. The maximum atomic E-state index is 12.9. The SMILES string of the molecule is Cc1cccc([C@H]2CCNC[C@H]2C(=O)c2ccccc2)c1C. The third kappa shape index (κ3) is 2.84. The highest BCUT2D eigenvalue weighted by Crippen LogP contribution is 2.35. The second-order valence-electron chi connectivity index (χ2n) is 6.23. The minimum Gasteiger partial charge on any atom is -0.316 e. The van der Waals surface area contributed by atoms with Crippen molar-refractivity contribution in [3.8, 4) is 0 Å². The van der Waals surface area contributed by atoms with Gasteiger partial charge in [-0.05, 0) is 49.4 Å². The number of hydrogen-bond donors (Lipinski definition) is 1. The zero-order valence-corrected chi connectivity index (χ0v) is 13.3. The van der Waals surface area contributed by atoms with Crippen molar-refractivity contribution in [3.63, 3.8) is 0 Å². The third-order valence-electron chi connectivity index (χ3n) is 4.92. The Labute approximate surface area is 132 Å².